The van der Waals surface area contributed by atoms with Gasteiger partial charge < -0.3 is 4.57 Å². The molecule has 12 aromatic rings. The van der Waals surface area contributed by atoms with E-state index in [1.165, 1.54) is 58.3 Å². The van der Waals surface area contributed by atoms with Crippen LogP contribution in [0.2, 0.25) is 0 Å². The van der Waals surface area contributed by atoms with Gasteiger partial charge in [-0.3, -0.25) is 4.57 Å². The van der Waals surface area contributed by atoms with E-state index < -0.39 is 0 Å². The molecular formula is C50H30N4S. The average molecular weight is 719 g/mol. The van der Waals surface area contributed by atoms with Crippen molar-refractivity contribution < 1.29 is 0 Å². The van der Waals surface area contributed by atoms with Gasteiger partial charge in [0.2, 0.25) is 5.95 Å². The third-order valence-electron chi connectivity index (χ3n) is 11.1. The number of rotatable bonds is 4. The zero-order valence-corrected chi connectivity index (χ0v) is 30.3. The fourth-order valence-corrected chi connectivity index (χ4v) is 9.79. The van der Waals surface area contributed by atoms with Crippen molar-refractivity contribution in [2.75, 3.05) is 0 Å². The van der Waals surface area contributed by atoms with E-state index >= 15 is 0 Å². The first-order valence-corrected chi connectivity index (χ1v) is 19.4. The Morgan fingerprint density at radius 2 is 1.00 bits per heavy atom. The lowest BCUT2D eigenvalue weighted by atomic mass is 9.99. The van der Waals surface area contributed by atoms with Crippen LogP contribution in [0.25, 0.3) is 109 Å². The summed E-state index contributed by atoms with van der Waals surface area (Å²) in [6, 6.07) is 65.3. The lowest BCUT2D eigenvalue weighted by Crippen LogP contribution is -2.03. The molecule has 256 valence electrons. The highest BCUT2D eigenvalue weighted by Gasteiger charge is 2.21. The highest BCUT2D eigenvalue weighted by Crippen LogP contribution is 2.43. The van der Waals surface area contributed by atoms with Crippen LogP contribution >= 0.6 is 11.3 Å². The first-order valence-electron chi connectivity index (χ1n) is 18.6. The maximum Gasteiger partial charge on any atom is 0.235 e. The van der Waals surface area contributed by atoms with Crippen molar-refractivity contribution in [2.45, 2.75) is 0 Å². The van der Waals surface area contributed by atoms with Crippen molar-refractivity contribution in [3.63, 3.8) is 0 Å². The maximum atomic E-state index is 5.45. The van der Waals surface area contributed by atoms with Crippen LogP contribution in [0, 0.1) is 0 Å². The molecule has 0 aliphatic rings. The van der Waals surface area contributed by atoms with Crippen LogP contribution in [-0.2, 0) is 0 Å². The molecule has 0 spiro atoms. The van der Waals surface area contributed by atoms with Gasteiger partial charge in [0.25, 0.3) is 0 Å². The van der Waals surface area contributed by atoms with Crippen LogP contribution in [0.5, 0.6) is 0 Å². The number of hydrogen-bond donors (Lipinski definition) is 0. The van der Waals surface area contributed by atoms with Crippen LogP contribution in [0.4, 0.5) is 0 Å². The SMILES string of the molecule is c1ccc(-n2c3ccccc3c3cc(-c4ccc(-c5nc(-n6c7ccccc7c7ccc8sc9ccccc9c8c76)nc6ccccc56)cc4)ccc32)cc1. The molecular weight excluding hydrogens is 689 g/mol. The highest BCUT2D eigenvalue weighted by molar-refractivity contribution is 7.26. The standard InChI is InChI=1S/C50H30N4S/c1-2-12-34(13-3-1)53-42-19-9-6-15-36(42)40-30-33(26-28-44(40)53)31-22-24-32(25-23-31)48-38-16-4-8-18-41(38)51-50(52-48)54-43-20-10-5-14-35(43)37-27-29-46-47(49(37)54)39-17-7-11-21-45(39)55-46/h1-30H. The van der Waals surface area contributed by atoms with E-state index in [4.69, 9.17) is 9.97 Å². The van der Waals surface area contributed by atoms with Gasteiger partial charge in [-0.25, -0.2) is 9.97 Å². The zero-order chi connectivity index (χ0) is 36.0. The largest absolute Gasteiger partial charge is 0.309 e. The van der Waals surface area contributed by atoms with E-state index in [1.807, 2.05) is 11.3 Å². The van der Waals surface area contributed by atoms with E-state index in [2.05, 4.69) is 191 Å². The molecule has 0 atom stereocenters. The Kier molecular flexibility index (Phi) is 6.47. The number of fused-ring (bicyclic) bond motifs is 11. The van der Waals surface area contributed by atoms with Crippen molar-refractivity contribution in [2.24, 2.45) is 0 Å². The van der Waals surface area contributed by atoms with Gasteiger partial charge in [-0.1, -0.05) is 127 Å². The molecule has 0 amide bonds. The second-order valence-electron chi connectivity index (χ2n) is 14.2. The number of benzene rings is 8. The summed E-state index contributed by atoms with van der Waals surface area (Å²) in [4.78, 5) is 10.7. The Bertz CT molecular complexity index is 3480. The minimum absolute atomic E-state index is 0.673. The average Bonchev–Trinajstić information content (AvgIpc) is 3.91. The van der Waals surface area contributed by atoms with Gasteiger partial charge in [0.15, 0.2) is 0 Å². The third-order valence-corrected chi connectivity index (χ3v) is 12.3. The zero-order valence-electron chi connectivity index (χ0n) is 29.5. The first kappa shape index (κ1) is 30.4. The van der Waals surface area contributed by atoms with Crippen LogP contribution < -0.4 is 0 Å². The van der Waals surface area contributed by atoms with Gasteiger partial charge in [0, 0.05) is 58.4 Å². The summed E-state index contributed by atoms with van der Waals surface area (Å²) >= 11 is 1.84. The normalized spacial score (nSPS) is 12.0. The summed E-state index contributed by atoms with van der Waals surface area (Å²) < 4.78 is 7.19. The Morgan fingerprint density at radius 3 is 1.82 bits per heavy atom. The van der Waals surface area contributed by atoms with Gasteiger partial charge in [0.1, 0.15) is 0 Å². The molecule has 0 aliphatic carbocycles. The van der Waals surface area contributed by atoms with E-state index in [-0.39, 0.29) is 0 Å². The third kappa shape index (κ3) is 4.51. The van der Waals surface area contributed by atoms with Crippen LogP contribution in [-0.4, -0.2) is 19.1 Å². The molecule has 8 aromatic carbocycles. The molecule has 4 aromatic heterocycles. The maximum absolute atomic E-state index is 5.45. The van der Waals surface area contributed by atoms with Gasteiger partial charge in [-0.05, 0) is 65.7 Å². The molecule has 4 nitrogen and oxygen atoms in total. The number of para-hydroxylation sites is 4. The molecule has 0 unspecified atom stereocenters. The fraction of sp³-hybridized carbons (Fsp3) is 0. The topological polar surface area (TPSA) is 35.6 Å². The van der Waals surface area contributed by atoms with Gasteiger partial charge in [-0.15, -0.1) is 11.3 Å². The lowest BCUT2D eigenvalue weighted by Gasteiger charge is -2.13. The molecule has 0 fully saturated rings. The van der Waals surface area contributed by atoms with Crippen molar-refractivity contribution >= 4 is 86.0 Å². The summed E-state index contributed by atoms with van der Waals surface area (Å²) in [5.41, 5.74) is 11.0. The molecule has 0 saturated carbocycles. The summed E-state index contributed by atoms with van der Waals surface area (Å²) in [7, 11) is 0. The lowest BCUT2D eigenvalue weighted by molar-refractivity contribution is 1.02. The summed E-state index contributed by atoms with van der Waals surface area (Å²) in [6.45, 7) is 0. The van der Waals surface area contributed by atoms with Gasteiger partial charge in [-0.2, -0.15) is 0 Å². The second-order valence-corrected chi connectivity index (χ2v) is 15.3. The Morgan fingerprint density at radius 1 is 0.382 bits per heavy atom. The van der Waals surface area contributed by atoms with E-state index in [9.17, 15) is 0 Å². The minimum Gasteiger partial charge on any atom is -0.309 e. The number of hydrogen-bond acceptors (Lipinski definition) is 3. The minimum atomic E-state index is 0.673. The summed E-state index contributed by atoms with van der Waals surface area (Å²) in [6.07, 6.45) is 0. The van der Waals surface area contributed by atoms with E-state index in [0.29, 0.717) is 5.95 Å². The predicted octanol–water partition coefficient (Wildman–Crippen LogP) is 13.5. The molecule has 4 heterocycles. The van der Waals surface area contributed by atoms with Crippen molar-refractivity contribution in [1.29, 1.82) is 0 Å². The van der Waals surface area contributed by atoms with Crippen molar-refractivity contribution in [3.05, 3.63) is 182 Å². The monoisotopic (exact) mass is 718 g/mol. The van der Waals surface area contributed by atoms with Gasteiger partial charge in [0.05, 0.1) is 33.3 Å². The fourth-order valence-electron chi connectivity index (χ4n) is 8.69. The first-order chi connectivity index (χ1) is 27.3. The Labute approximate surface area is 319 Å². The van der Waals surface area contributed by atoms with Crippen LogP contribution in [0.3, 0.4) is 0 Å². The number of thiophene rings is 1. The molecule has 5 heteroatoms. The quantitative estimate of drug-likeness (QED) is 0.182. The molecule has 0 bridgehead atoms. The van der Waals surface area contributed by atoms with Crippen molar-refractivity contribution in [3.8, 4) is 34.0 Å². The molecule has 12 rings (SSSR count). The van der Waals surface area contributed by atoms with Crippen molar-refractivity contribution in [1.82, 2.24) is 19.1 Å². The molecule has 0 N–H and O–H groups in total. The smallest absolute Gasteiger partial charge is 0.235 e. The van der Waals surface area contributed by atoms with Crippen LogP contribution in [0.15, 0.2) is 182 Å². The molecule has 0 aliphatic heterocycles. The Hall–Kier alpha value is -7.08. The molecule has 0 radical (unpaired) electrons. The summed E-state index contributed by atoms with van der Waals surface area (Å²) in [5, 5.41) is 8.43. The molecule has 0 saturated heterocycles. The Balaban J connectivity index is 1.04. The predicted molar refractivity (Wildman–Crippen MR) is 232 cm³/mol. The number of aromatic nitrogens is 4. The second kappa shape index (κ2) is 11.7. The number of nitrogens with zero attached hydrogens (tertiary/aromatic N) is 4. The van der Waals surface area contributed by atoms with E-state index in [1.54, 1.807) is 0 Å². The van der Waals surface area contributed by atoms with Crippen LogP contribution in [0.1, 0.15) is 0 Å². The van der Waals surface area contributed by atoms with Gasteiger partial charge >= 0.3 is 0 Å². The van der Waals surface area contributed by atoms with E-state index in [0.717, 1.165) is 44.4 Å². The summed E-state index contributed by atoms with van der Waals surface area (Å²) in [5.74, 6) is 0.673. The molecule has 55 heavy (non-hydrogen) atoms. The highest BCUT2D eigenvalue weighted by atomic mass is 32.1.